The van der Waals surface area contributed by atoms with Gasteiger partial charge in [0.05, 0.1) is 11.2 Å². The standard InChI is InChI=1S/C14H21N3OS/c1-10-5-7-16-13(11(10)12(15)19)17-8-4-6-14(2,9-17)18-3/h5,7H,4,6,8-9H2,1-3H3,(H2,15,19). The Bertz CT molecular complexity index is 492. The maximum Gasteiger partial charge on any atom is 0.139 e. The molecule has 1 atom stereocenters. The van der Waals surface area contributed by atoms with Gasteiger partial charge in [0.15, 0.2) is 0 Å². The molecule has 0 amide bonds. The van der Waals surface area contributed by atoms with E-state index in [0.29, 0.717) is 4.99 Å². The minimum absolute atomic E-state index is 0.128. The highest BCUT2D eigenvalue weighted by Crippen LogP contribution is 2.29. The smallest absolute Gasteiger partial charge is 0.139 e. The van der Waals surface area contributed by atoms with Crippen molar-refractivity contribution in [3.63, 3.8) is 0 Å². The summed E-state index contributed by atoms with van der Waals surface area (Å²) in [4.78, 5) is 7.13. The molecule has 19 heavy (non-hydrogen) atoms. The van der Waals surface area contributed by atoms with E-state index in [-0.39, 0.29) is 5.60 Å². The number of aryl methyl sites for hydroxylation is 1. The number of nitrogens with two attached hydrogens (primary N) is 1. The Balaban J connectivity index is 2.37. The van der Waals surface area contributed by atoms with Gasteiger partial charge < -0.3 is 15.4 Å². The van der Waals surface area contributed by atoms with Gasteiger partial charge in [-0.15, -0.1) is 0 Å². The number of nitrogens with zero attached hydrogens (tertiary/aromatic N) is 2. The number of piperidine rings is 1. The highest BCUT2D eigenvalue weighted by molar-refractivity contribution is 7.80. The SMILES string of the molecule is COC1(C)CCCN(c2nccc(C)c2C(N)=S)C1. The lowest BCUT2D eigenvalue weighted by Gasteiger charge is -2.40. The summed E-state index contributed by atoms with van der Waals surface area (Å²) in [5, 5.41) is 0. The number of hydrogen-bond acceptors (Lipinski definition) is 4. The van der Waals surface area contributed by atoms with Crippen LogP contribution in [0.2, 0.25) is 0 Å². The first-order valence-corrected chi connectivity index (χ1v) is 6.93. The summed E-state index contributed by atoms with van der Waals surface area (Å²) in [5.41, 5.74) is 7.69. The van der Waals surface area contributed by atoms with Gasteiger partial charge in [0, 0.05) is 26.4 Å². The molecule has 0 aromatic carbocycles. The first kappa shape index (κ1) is 14.2. The number of methoxy groups -OCH3 is 1. The summed E-state index contributed by atoms with van der Waals surface area (Å²) in [5.74, 6) is 0.885. The van der Waals surface area contributed by atoms with E-state index < -0.39 is 0 Å². The van der Waals surface area contributed by atoms with Crippen molar-refractivity contribution in [1.82, 2.24) is 4.98 Å². The van der Waals surface area contributed by atoms with Crippen LogP contribution < -0.4 is 10.6 Å². The van der Waals surface area contributed by atoms with Crippen LogP contribution in [0.4, 0.5) is 5.82 Å². The van der Waals surface area contributed by atoms with Gasteiger partial charge in [-0.3, -0.25) is 0 Å². The molecular weight excluding hydrogens is 258 g/mol. The van der Waals surface area contributed by atoms with E-state index in [1.807, 2.05) is 19.2 Å². The van der Waals surface area contributed by atoms with Gasteiger partial charge in [-0.25, -0.2) is 4.98 Å². The lowest BCUT2D eigenvalue weighted by molar-refractivity contribution is -0.00482. The van der Waals surface area contributed by atoms with E-state index >= 15 is 0 Å². The number of thiocarbonyl (C=S) groups is 1. The van der Waals surface area contributed by atoms with Crippen LogP contribution in [0, 0.1) is 6.92 Å². The average molecular weight is 279 g/mol. The second-order valence-electron chi connectivity index (χ2n) is 5.37. The van der Waals surface area contributed by atoms with Crippen molar-refractivity contribution in [2.24, 2.45) is 5.73 Å². The predicted octanol–water partition coefficient (Wildman–Crippen LogP) is 2.03. The fourth-order valence-corrected chi connectivity index (χ4v) is 2.89. The number of anilines is 1. The average Bonchev–Trinajstić information content (AvgIpc) is 2.38. The van der Waals surface area contributed by atoms with Gasteiger partial charge in [0.1, 0.15) is 10.8 Å². The number of rotatable bonds is 3. The van der Waals surface area contributed by atoms with E-state index in [1.165, 1.54) is 0 Å². The summed E-state index contributed by atoms with van der Waals surface area (Å²) in [6.45, 7) is 5.93. The summed E-state index contributed by atoms with van der Waals surface area (Å²) in [6, 6.07) is 1.94. The Morgan fingerprint density at radius 1 is 1.58 bits per heavy atom. The van der Waals surface area contributed by atoms with Crippen LogP contribution in [-0.2, 0) is 4.74 Å². The second-order valence-corrected chi connectivity index (χ2v) is 5.81. The minimum Gasteiger partial charge on any atom is -0.389 e. The molecule has 2 heterocycles. The highest BCUT2D eigenvalue weighted by Gasteiger charge is 2.32. The number of aromatic nitrogens is 1. The normalized spacial score (nSPS) is 23.4. The molecule has 1 saturated heterocycles. The van der Waals surface area contributed by atoms with Crippen LogP contribution in [0.3, 0.4) is 0 Å². The van der Waals surface area contributed by atoms with E-state index in [1.54, 1.807) is 7.11 Å². The van der Waals surface area contributed by atoms with E-state index in [0.717, 1.165) is 42.9 Å². The topological polar surface area (TPSA) is 51.4 Å². The number of hydrogen-bond donors (Lipinski definition) is 1. The zero-order chi connectivity index (χ0) is 14.0. The molecule has 0 radical (unpaired) electrons. The van der Waals surface area contributed by atoms with Gasteiger partial charge in [-0.1, -0.05) is 12.2 Å². The third-order valence-corrected chi connectivity index (χ3v) is 4.04. The zero-order valence-corrected chi connectivity index (χ0v) is 12.6. The monoisotopic (exact) mass is 279 g/mol. The molecule has 0 spiro atoms. The molecular formula is C14H21N3OS. The Morgan fingerprint density at radius 2 is 2.32 bits per heavy atom. The maximum absolute atomic E-state index is 5.86. The van der Waals surface area contributed by atoms with E-state index in [4.69, 9.17) is 22.7 Å². The molecule has 1 aromatic rings. The van der Waals surface area contributed by atoms with Crippen molar-refractivity contribution in [1.29, 1.82) is 0 Å². The Morgan fingerprint density at radius 3 is 2.95 bits per heavy atom. The molecule has 0 bridgehead atoms. The first-order valence-electron chi connectivity index (χ1n) is 6.52. The molecule has 2 rings (SSSR count). The first-order chi connectivity index (χ1) is 8.97. The zero-order valence-electron chi connectivity index (χ0n) is 11.8. The molecule has 0 saturated carbocycles. The van der Waals surface area contributed by atoms with Crippen molar-refractivity contribution >= 4 is 23.0 Å². The molecule has 1 aliphatic rings. The van der Waals surface area contributed by atoms with Crippen LogP contribution in [0.15, 0.2) is 12.3 Å². The van der Waals surface area contributed by atoms with Gasteiger partial charge in [0.25, 0.3) is 0 Å². The largest absolute Gasteiger partial charge is 0.389 e. The molecule has 0 aliphatic carbocycles. The second kappa shape index (κ2) is 5.43. The molecule has 2 N–H and O–H groups in total. The molecule has 104 valence electrons. The highest BCUT2D eigenvalue weighted by atomic mass is 32.1. The number of pyridine rings is 1. The van der Waals surface area contributed by atoms with Crippen LogP contribution in [0.25, 0.3) is 0 Å². The summed E-state index contributed by atoms with van der Waals surface area (Å²) < 4.78 is 5.63. The van der Waals surface area contributed by atoms with Crippen LogP contribution >= 0.6 is 12.2 Å². The van der Waals surface area contributed by atoms with Crippen molar-refractivity contribution < 1.29 is 4.74 Å². The molecule has 1 aliphatic heterocycles. The van der Waals surface area contributed by atoms with Gasteiger partial charge >= 0.3 is 0 Å². The third-order valence-electron chi connectivity index (χ3n) is 3.84. The minimum atomic E-state index is -0.128. The van der Waals surface area contributed by atoms with Crippen LogP contribution in [-0.4, -0.2) is 35.8 Å². The van der Waals surface area contributed by atoms with E-state index in [9.17, 15) is 0 Å². The fourth-order valence-electron chi connectivity index (χ4n) is 2.64. The van der Waals surface area contributed by atoms with Crippen molar-refractivity contribution in [3.05, 3.63) is 23.4 Å². The summed E-state index contributed by atoms with van der Waals surface area (Å²) in [7, 11) is 1.77. The van der Waals surface area contributed by atoms with Crippen LogP contribution in [0.5, 0.6) is 0 Å². The molecule has 1 fully saturated rings. The van der Waals surface area contributed by atoms with Gasteiger partial charge in [-0.05, 0) is 38.3 Å². The quantitative estimate of drug-likeness (QED) is 0.858. The van der Waals surface area contributed by atoms with Crippen molar-refractivity contribution in [2.45, 2.75) is 32.3 Å². The van der Waals surface area contributed by atoms with Crippen molar-refractivity contribution in [3.8, 4) is 0 Å². The Kier molecular flexibility index (Phi) is 4.06. The van der Waals surface area contributed by atoms with Gasteiger partial charge in [-0.2, -0.15) is 0 Å². The van der Waals surface area contributed by atoms with Crippen LogP contribution in [0.1, 0.15) is 30.9 Å². The predicted molar refractivity (Wildman–Crippen MR) is 81.7 cm³/mol. The third kappa shape index (κ3) is 2.87. The number of ether oxygens (including phenoxy) is 1. The molecule has 5 heteroatoms. The molecule has 1 unspecified atom stereocenters. The van der Waals surface area contributed by atoms with E-state index in [2.05, 4.69) is 16.8 Å². The Hall–Kier alpha value is -1.20. The van der Waals surface area contributed by atoms with Gasteiger partial charge in [0.2, 0.25) is 0 Å². The fraction of sp³-hybridized carbons (Fsp3) is 0.571. The maximum atomic E-state index is 5.86. The Labute approximate surface area is 120 Å². The molecule has 1 aromatic heterocycles. The summed E-state index contributed by atoms with van der Waals surface area (Å²) >= 11 is 5.17. The molecule has 4 nitrogen and oxygen atoms in total. The lowest BCUT2D eigenvalue weighted by Crippen LogP contribution is -2.48. The summed E-state index contributed by atoms with van der Waals surface area (Å²) in [6.07, 6.45) is 3.95. The van der Waals surface area contributed by atoms with Crippen molar-refractivity contribution in [2.75, 3.05) is 25.1 Å². The lowest BCUT2D eigenvalue weighted by atomic mass is 9.94.